The summed E-state index contributed by atoms with van der Waals surface area (Å²) in [5, 5.41) is 11.0. The van der Waals surface area contributed by atoms with E-state index < -0.39 is 29.4 Å². The van der Waals surface area contributed by atoms with Gasteiger partial charge in [0.25, 0.3) is 5.91 Å². The molecule has 0 aromatic heterocycles. The lowest BCUT2D eigenvalue weighted by Gasteiger charge is -2.48. The summed E-state index contributed by atoms with van der Waals surface area (Å²) in [6.07, 6.45) is -0.822. The van der Waals surface area contributed by atoms with Crippen molar-refractivity contribution >= 4 is 41.3 Å². The van der Waals surface area contributed by atoms with E-state index in [2.05, 4.69) is 10.1 Å². The van der Waals surface area contributed by atoms with Gasteiger partial charge in [0.05, 0.1) is 12.9 Å². The number of halogens is 1. The Morgan fingerprint density at radius 3 is 2.85 bits per heavy atom. The van der Waals surface area contributed by atoms with Crippen molar-refractivity contribution in [2.24, 2.45) is 0 Å². The Balaban J connectivity index is 2.15. The maximum absolute atomic E-state index is 12.0. The topological polar surface area (TPSA) is 105 Å². The van der Waals surface area contributed by atoms with E-state index in [0.717, 1.165) is 4.90 Å². The smallest absolute Gasteiger partial charge is 0.409 e. The minimum absolute atomic E-state index is 0.190. The van der Waals surface area contributed by atoms with Gasteiger partial charge < -0.3 is 19.9 Å². The third-order valence-electron chi connectivity index (χ3n) is 2.84. The summed E-state index contributed by atoms with van der Waals surface area (Å²) in [7, 11) is 1.34. The van der Waals surface area contributed by atoms with Crippen LogP contribution in [0.4, 0.5) is 4.79 Å². The highest BCUT2D eigenvalue weighted by Crippen LogP contribution is 2.40. The van der Waals surface area contributed by atoms with Gasteiger partial charge in [0.2, 0.25) is 0 Å². The zero-order chi connectivity index (χ0) is 14.9. The van der Waals surface area contributed by atoms with E-state index in [4.69, 9.17) is 21.4 Å². The van der Waals surface area contributed by atoms with Crippen LogP contribution in [0.5, 0.6) is 0 Å². The van der Waals surface area contributed by atoms with E-state index in [-0.39, 0.29) is 17.5 Å². The van der Waals surface area contributed by atoms with Crippen LogP contribution in [-0.4, -0.2) is 58.3 Å². The number of alkyl halides is 1. The molecule has 10 heteroatoms. The lowest BCUT2D eigenvalue weighted by molar-refractivity contribution is -0.149. The molecule has 2 N–H and O–H groups in total. The molecule has 0 aromatic carbocycles. The predicted molar refractivity (Wildman–Crippen MR) is 68.9 cm³/mol. The molecule has 20 heavy (non-hydrogen) atoms. The van der Waals surface area contributed by atoms with Crippen LogP contribution in [0.1, 0.15) is 0 Å². The van der Waals surface area contributed by atoms with Gasteiger partial charge in [0, 0.05) is 0 Å². The molecule has 0 radical (unpaired) electrons. The number of fused-ring (bicyclic) bond motifs is 1. The summed E-state index contributed by atoms with van der Waals surface area (Å²) in [6, 6.07) is -1.16. The summed E-state index contributed by atoms with van der Waals surface area (Å²) < 4.78 is 9.45. The molecule has 0 unspecified atom stereocenters. The summed E-state index contributed by atoms with van der Waals surface area (Å²) in [5.41, 5.74) is -0.190. The standard InChI is InChI=1S/C10H11ClN2O6S/c1-18-4-2-20-8-5(12-10(17)19-3-11)7(14)13(8)6(4)9(15)16/h5,8H,2-3H2,1H3,(H,12,17)(H,15,16)/t5-,8-/m1/s1. The molecule has 0 aromatic rings. The molecule has 2 aliphatic rings. The Bertz CT molecular complexity index is 496. The maximum Gasteiger partial charge on any atom is 0.409 e. The number of amides is 2. The number of methoxy groups -OCH3 is 1. The number of β-lactam (4-membered cyclic amide) rings is 1. The predicted octanol–water partition coefficient (Wildman–Crippen LogP) is 0.135. The molecule has 8 nitrogen and oxygen atoms in total. The Morgan fingerprint density at radius 1 is 1.60 bits per heavy atom. The normalized spacial score (nSPS) is 24.7. The van der Waals surface area contributed by atoms with Gasteiger partial charge in [-0.05, 0) is 0 Å². The van der Waals surface area contributed by atoms with Gasteiger partial charge >= 0.3 is 12.1 Å². The van der Waals surface area contributed by atoms with Crippen molar-refractivity contribution in [3.63, 3.8) is 0 Å². The quantitative estimate of drug-likeness (QED) is 0.560. The molecule has 1 saturated heterocycles. The highest BCUT2D eigenvalue weighted by molar-refractivity contribution is 8.00. The van der Waals surface area contributed by atoms with E-state index in [1.54, 1.807) is 0 Å². The number of carbonyl (C=O) groups excluding carboxylic acids is 2. The van der Waals surface area contributed by atoms with Crippen molar-refractivity contribution in [3.8, 4) is 0 Å². The van der Waals surface area contributed by atoms with E-state index in [1.807, 2.05) is 0 Å². The molecule has 0 saturated carbocycles. The van der Waals surface area contributed by atoms with Crippen LogP contribution in [0.15, 0.2) is 11.5 Å². The fourth-order valence-electron chi connectivity index (χ4n) is 1.97. The van der Waals surface area contributed by atoms with Gasteiger partial charge in [0.1, 0.15) is 17.2 Å². The Labute approximate surface area is 123 Å². The summed E-state index contributed by atoms with van der Waals surface area (Å²) in [4.78, 5) is 35.5. The zero-order valence-electron chi connectivity index (χ0n) is 10.3. The van der Waals surface area contributed by atoms with Crippen molar-refractivity contribution in [2.75, 3.05) is 18.9 Å². The van der Waals surface area contributed by atoms with Crippen LogP contribution in [0.25, 0.3) is 0 Å². The average Bonchev–Trinajstić information content (AvgIpc) is 2.43. The second kappa shape index (κ2) is 5.80. The number of hydrogen-bond donors (Lipinski definition) is 2. The minimum Gasteiger partial charge on any atom is -0.498 e. The first-order valence-electron chi connectivity index (χ1n) is 5.45. The summed E-state index contributed by atoms with van der Waals surface area (Å²) >= 11 is 6.53. The van der Waals surface area contributed by atoms with Crippen molar-refractivity contribution in [1.29, 1.82) is 0 Å². The highest BCUT2D eigenvalue weighted by Gasteiger charge is 2.54. The number of ether oxygens (including phenoxy) is 2. The molecule has 0 bridgehead atoms. The third-order valence-corrected chi connectivity index (χ3v) is 4.20. The molecule has 2 atom stereocenters. The number of carboxylic acids is 1. The molecule has 2 rings (SSSR count). The molecular weight excluding hydrogens is 312 g/mol. The van der Waals surface area contributed by atoms with Crippen LogP contribution >= 0.6 is 23.4 Å². The van der Waals surface area contributed by atoms with Crippen molar-refractivity contribution < 1.29 is 29.0 Å². The number of nitrogens with one attached hydrogen (secondary N) is 1. The molecule has 2 heterocycles. The van der Waals surface area contributed by atoms with Crippen LogP contribution in [-0.2, 0) is 19.1 Å². The van der Waals surface area contributed by atoms with E-state index in [9.17, 15) is 14.4 Å². The van der Waals surface area contributed by atoms with Crippen LogP contribution in [0.2, 0.25) is 0 Å². The Morgan fingerprint density at radius 2 is 2.30 bits per heavy atom. The number of hydrogen-bond acceptors (Lipinski definition) is 6. The van der Waals surface area contributed by atoms with Gasteiger partial charge in [-0.15, -0.1) is 11.8 Å². The van der Waals surface area contributed by atoms with E-state index in [0.29, 0.717) is 5.75 Å². The molecule has 110 valence electrons. The number of carboxylic acid groups (broad SMARTS) is 1. The monoisotopic (exact) mass is 322 g/mol. The first kappa shape index (κ1) is 14.8. The van der Waals surface area contributed by atoms with Gasteiger partial charge in [-0.3, -0.25) is 9.69 Å². The van der Waals surface area contributed by atoms with Gasteiger partial charge in [-0.25, -0.2) is 9.59 Å². The fourth-order valence-corrected chi connectivity index (χ4v) is 3.38. The average molecular weight is 323 g/mol. The van der Waals surface area contributed by atoms with Crippen molar-refractivity contribution in [1.82, 2.24) is 10.2 Å². The first-order chi connectivity index (χ1) is 9.51. The molecule has 2 aliphatic heterocycles. The molecule has 0 aliphatic carbocycles. The van der Waals surface area contributed by atoms with Gasteiger partial charge in [0.15, 0.2) is 11.8 Å². The summed E-state index contributed by atoms with van der Waals surface area (Å²) in [5.74, 6) is -1.26. The lowest BCUT2D eigenvalue weighted by Crippen LogP contribution is -2.70. The largest absolute Gasteiger partial charge is 0.498 e. The van der Waals surface area contributed by atoms with E-state index in [1.165, 1.54) is 18.9 Å². The molecule has 2 amide bonds. The van der Waals surface area contributed by atoms with Gasteiger partial charge in [-0.1, -0.05) is 11.6 Å². The fraction of sp³-hybridized carbons (Fsp3) is 0.500. The van der Waals surface area contributed by atoms with Crippen LogP contribution < -0.4 is 5.32 Å². The number of alkyl carbamates (subject to hydrolysis) is 1. The number of nitrogens with zero attached hydrogens (tertiary/aromatic N) is 1. The SMILES string of the molecule is COC1=C(C(=O)O)N2C(=O)[C@@H](NC(=O)OCCl)[C@H]2SC1. The highest BCUT2D eigenvalue weighted by atomic mass is 35.5. The van der Waals surface area contributed by atoms with Crippen molar-refractivity contribution in [3.05, 3.63) is 11.5 Å². The number of carbonyl (C=O) groups is 3. The first-order valence-corrected chi connectivity index (χ1v) is 7.04. The number of aliphatic carboxylic acids is 1. The molecule has 0 spiro atoms. The van der Waals surface area contributed by atoms with E-state index >= 15 is 0 Å². The molecular formula is C10H11ClN2O6S. The van der Waals surface area contributed by atoms with Crippen LogP contribution in [0, 0.1) is 0 Å². The van der Waals surface area contributed by atoms with Crippen molar-refractivity contribution in [2.45, 2.75) is 11.4 Å². The Hall–Kier alpha value is -1.61. The third kappa shape index (κ3) is 2.38. The second-order valence-electron chi connectivity index (χ2n) is 3.85. The summed E-state index contributed by atoms with van der Waals surface area (Å²) in [6.45, 7) is 0. The minimum atomic E-state index is -1.25. The second-order valence-corrected chi connectivity index (χ2v) is 5.18. The zero-order valence-corrected chi connectivity index (χ0v) is 11.9. The van der Waals surface area contributed by atoms with Crippen LogP contribution in [0.3, 0.4) is 0 Å². The molecule has 1 fully saturated rings. The van der Waals surface area contributed by atoms with Gasteiger partial charge in [-0.2, -0.15) is 0 Å². The number of rotatable bonds is 4. The number of thioether (sulfide) groups is 1. The maximum atomic E-state index is 12.0. The Kier molecular flexibility index (Phi) is 4.29. The lowest BCUT2D eigenvalue weighted by atomic mass is 10.1.